The lowest BCUT2D eigenvalue weighted by Crippen LogP contribution is -2.47. The average molecular weight is 453 g/mol. The lowest BCUT2D eigenvalue weighted by Gasteiger charge is -2.37. The van der Waals surface area contributed by atoms with Gasteiger partial charge in [0.25, 0.3) is 0 Å². The molecule has 2 saturated heterocycles. The third-order valence-corrected chi connectivity index (χ3v) is 8.23. The summed E-state index contributed by atoms with van der Waals surface area (Å²) in [5.41, 5.74) is 4.72. The maximum absolute atomic E-state index is 4.96. The zero-order valence-corrected chi connectivity index (χ0v) is 20.7. The number of likely N-dealkylation sites (N-methyl/N-ethyl adjacent to an activating group) is 1. The van der Waals surface area contributed by atoms with E-state index in [1.165, 1.54) is 56.7 Å². The van der Waals surface area contributed by atoms with Gasteiger partial charge in [0.1, 0.15) is 0 Å². The number of aromatic nitrogens is 3. The van der Waals surface area contributed by atoms with E-state index in [0.717, 1.165) is 40.5 Å². The summed E-state index contributed by atoms with van der Waals surface area (Å²) in [6.45, 7) is 14.9. The molecule has 2 fully saturated rings. The number of piperazine rings is 1. The second-order valence-corrected chi connectivity index (χ2v) is 10.9. The number of nitrogens with zero attached hydrogens (tertiary/aromatic N) is 6. The topological polar surface area (TPSA) is 39.9 Å². The smallest absolute Gasteiger partial charge is 0.214 e. The first-order valence-corrected chi connectivity index (χ1v) is 12.9. The normalized spacial score (nSPS) is 19.5. The molecule has 0 aliphatic carbocycles. The van der Waals surface area contributed by atoms with Crippen molar-refractivity contribution < 1.29 is 0 Å². The summed E-state index contributed by atoms with van der Waals surface area (Å²) in [4.78, 5) is 13.5. The molecule has 3 aromatic rings. The predicted molar refractivity (Wildman–Crippen MR) is 134 cm³/mol. The molecule has 32 heavy (non-hydrogen) atoms. The Morgan fingerprint density at radius 2 is 1.69 bits per heavy atom. The van der Waals surface area contributed by atoms with E-state index in [4.69, 9.17) is 10.1 Å². The van der Waals surface area contributed by atoms with Crippen LogP contribution in [0.4, 0.5) is 5.13 Å². The molecular formula is C25H36N6S. The Hall–Kier alpha value is -1.96. The van der Waals surface area contributed by atoms with Gasteiger partial charge < -0.3 is 14.7 Å². The van der Waals surface area contributed by atoms with Crippen molar-refractivity contribution in [1.29, 1.82) is 0 Å². The third-order valence-electron chi connectivity index (χ3n) is 7.27. The molecule has 172 valence electrons. The fourth-order valence-corrected chi connectivity index (χ4v) is 5.97. The summed E-state index contributed by atoms with van der Waals surface area (Å²) in [6.07, 6.45) is 2.53. The summed E-state index contributed by atoms with van der Waals surface area (Å²) >= 11 is 1.73. The van der Waals surface area contributed by atoms with Gasteiger partial charge in [-0.15, -0.1) is 5.10 Å². The molecule has 4 heterocycles. The lowest BCUT2D eigenvalue weighted by molar-refractivity contribution is 0.129. The average Bonchev–Trinajstić information content (AvgIpc) is 3.35. The first kappa shape index (κ1) is 21.9. The molecule has 0 spiro atoms. The van der Waals surface area contributed by atoms with Gasteiger partial charge in [-0.1, -0.05) is 49.4 Å². The minimum absolute atomic E-state index is 0.547. The van der Waals surface area contributed by atoms with Gasteiger partial charge in [-0.05, 0) is 44.2 Å². The highest BCUT2D eigenvalue weighted by atomic mass is 32.1. The van der Waals surface area contributed by atoms with Crippen LogP contribution in [-0.2, 0) is 0 Å². The minimum atomic E-state index is 0.547. The Kier molecular flexibility index (Phi) is 6.23. The molecule has 0 saturated carbocycles. The van der Waals surface area contributed by atoms with Crippen molar-refractivity contribution in [2.75, 3.05) is 57.8 Å². The monoisotopic (exact) mass is 452 g/mol. The molecule has 0 bridgehead atoms. The zero-order chi connectivity index (χ0) is 22.2. The maximum Gasteiger partial charge on any atom is 0.214 e. The highest BCUT2D eigenvalue weighted by molar-refractivity contribution is 7.20. The highest BCUT2D eigenvalue weighted by Gasteiger charge is 2.25. The number of piperidine rings is 1. The van der Waals surface area contributed by atoms with Gasteiger partial charge in [-0.2, -0.15) is 0 Å². The van der Waals surface area contributed by atoms with Gasteiger partial charge in [0.15, 0.2) is 0 Å². The van der Waals surface area contributed by atoms with Crippen LogP contribution in [0.1, 0.15) is 43.9 Å². The number of rotatable bonds is 5. The Bertz CT molecular complexity index is 1040. The van der Waals surface area contributed by atoms with Crippen molar-refractivity contribution in [2.45, 2.75) is 39.5 Å². The predicted octanol–water partition coefficient (Wildman–Crippen LogP) is 4.35. The Morgan fingerprint density at radius 1 is 1.00 bits per heavy atom. The summed E-state index contributed by atoms with van der Waals surface area (Å²) in [5.74, 6) is 1.37. The van der Waals surface area contributed by atoms with Crippen LogP contribution in [0, 0.1) is 12.8 Å². The minimum Gasteiger partial charge on any atom is -0.347 e. The van der Waals surface area contributed by atoms with E-state index in [2.05, 4.69) is 66.8 Å². The van der Waals surface area contributed by atoms with Crippen LogP contribution in [0.25, 0.3) is 16.2 Å². The molecule has 0 radical (unpaired) electrons. The van der Waals surface area contributed by atoms with Crippen molar-refractivity contribution >= 4 is 21.4 Å². The van der Waals surface area contributed by atoms with Crippen molar-refractivity contribution in [3.8, 4) is 11.3 Å². The summed E-state index contributed by atoms with van der Waals surface area (Å²) in [5, 5.41) is 6.08. The van der Waals surface area contributed by atoms with Gasteiger partial charge in [-0.3, -0.25) is 0 Å². The van der Waals surface area contributed by atoms with Gasteiger partial charge in [0.2, 0.25) is 10.1 Å². The molecular weight excluding hydrogens is 416 g/mol. The summed E-state index contributed by atoms with van der Waals surface area (Å²) in [7, 11) is 2.23. The second-order valence-electron chi connectivity index (χ2n) is 9.94. The van der Waals surface area contributed by atoms with Gasteiger partial charge in [0, 0.05) is 51.4 Å². The molecule has 0 atom stereocenters. The molecule has 0 N–H and O–H groups in total. The van der Waals surface area contributed by atoms with E-state index in [1.807, 2.05) is 4.52 Å². The van der Waals surface area contributed by atoms with Crippen molar-refractivity contribution in [2.24, 2.45) is 5.92 Å². The largest absolute Gasteiger partial charge is 0.347 e. The van der Waals surface area contributed by atoms with Crippen LogP contribution in [0.5, 0.6) is 0 Å². The van der Waals surface area contributed by atoms with Gasteiger partial charge in [-0.25, -0.2) is 9.50 Å². The number of hydrogen-bond acceptors (Lipinski definition) is 6. The van der Waals surface area contributed by atoms with Crippen LogP contribution in [0.15, 0.2) is 24.3 Å². The van der Waals surface area contributed by atoms with Crippen molar-refractivity contribution in [3.63, 3.8) is 0 Å². The molecule has 2 aliphatic rings. The molecule has 7 heteroatoms. The number of hydrogen-bond donors (Lipinski definition) is 0. The number of aryl methyl sites for hydroxylation is 1. The lowest BCUT2D eigenvalue weighted by atomic mass is 9.96. The zero-order valence-electron chi connectivity index (χ0n) is 19.9. The first-order chi connectivity index (χ1) is 15.5. The van der Waals surface area contributed by atoms with E-state index in [0.29, 0.717) is 5.92 Å². The molecule has 0 unspecified atom stereocenters. The number of anilines is 1. The number of fused-ring (bicyclic) bond motifs is 1. The number of benzene rings is 1. The molecule has 2 aromatic heterocycles. The Labute approximate surface area is 195 Å². The van der Waals surface area contributed by atoms with E-state index in [1.54, 1.807) is 11.3 Å². The second kappa shape index (κ2) is 9.12. The van der Waals surface area contributed by atoms with E-state index >= 15 is 0 Å². The first-order valence-electron chi connectivity index (χ1n) is 12.1. The van der Waals surface area contributed by atoms with E-state index in [9.17, 15) is 0 Å². The van der Waals surface area contributed by atoms with Crippen LogP contribution in [0.2, 0.25) is 0 Å². The van der Waals surface area contributed by atoms with E-state index in [-0.39, 0.29) is 0 Å². The van der Waals surface area contributed by atoms with Crippen molar-refractivity contribution in [1.82, 2.24) is 24.4 Å². The summed E-state index contributed by atoms with van der Waals surface area (Å²) < 4.78 is 2.04. The fourth-order valence-electron chi connectivity index (χ4n) is 4.97. The van der Waals surface area contributed by atoms with Gasteiger partial charge in [0.05, 0.1) is 11.4 Å². The van der Waals surface area contributed by atoms with Crippen LogP contribution in [0.3, 0.4) is 0 Å². The molecule has 5 rings (SSSR count). The third kappa shape index (κ3) is 4.43. The highest BCUT2D eigenvalue weighted by Crippen LogP contribution is 2.32. The molecule has 0 amide bonds. The standard InChI is InChI=1S/C25H36N6S/c1-18(2)21-5-7-22(8-6-21)23-19(3)31-24(26-23)32-25(27-31)30-11-9-20(10-12-30)17-29-15-13-28(4)14-16-29/h5-8,18,20H,9-17H2,1-4H3. The summed E-state index contributed by atoms with van der Waals surface area (Å²) in [6, 6.07) is 8.83. The maximum atomic E-state index is 4.96. The van der Waals surface area contributed by atoms with Crippen LogP contribution >= 0.6 is 11.3 Å². The fraction of sp³-hybridized carbons (Fsp3) is 0.600. The number of imidazole rings is 1. The Morgan fingerprint density at radius 3 is 2.31 bits per heavy atom. The Balaban J connectivity index is 1.23. The van der Waals surface area contributed by atoms with Crippen LogP contribution in [-0.4, -0.2) is 77.3 Å². The van der Waals surface area contributed by atoms with E-state index < -0.39 is 0 Å². The quantitative estimate of drug-likeness (QED) is 0.575. The van der Waals surface area contributed by atoms with Crippen molar-refractivity contribution in [3.05, 3.63) is 35.5 Å². The molecule has 2 aliphatic heterocycles. The van der Waals surface area contributed by atoms with Gasteiger partial charge >= 0.3 is 0 Å². The molecule has 1 aromatic carbocycles. The van der Waals surface area contributed by atoms with Crippen LogP contribution < -0.4 is 4.90 Å². The molecule has 6 nitrogen and oxygen atoms in total. The SMILES string of the molecule is Cc1c(-c2ccc(C(C)C)cc2)nc2sc(N3CCC(CN4CCN(C)CC4)CC3)nn12.